The van der Waals surface area contributed by atoms with Crippen LogP contribution in [-0.4, -0.2) is 5.78 Å². The molecule has 3 heteroatoms. The third kappa shape index (κ3) is 3.06. The van der Waals surface area contributed by atoms with Crippen LogP contribution in [-0.2, 0) is 0 Å². The zero-order valence-electron chi connectivity index (χ0n) is 17.5. The molecule has 2 aliphatic rings. The van der Waals surface area contributed by atoms with Crippen LogP contribution < -0.4 is 5.32 Å². The predicted octanol–water partition coefficient (Wildman–Crippen LogP) is 7.55. The van der Waals surface area contributed by atoms with Crippen LogP contribution in [0.25, 0.3) is 10.8 Å². The van der Waals surface area contributed by atoms with E-state index in [1.807, 2.05) is 42.5 Å². The summed E-state index contributed by atoms with van der Waals surface area (Å²) in [4.78, 5) is 13.5. The highest BCUT2D eigenvalue weighted by Gasteiger charge is 2.40. The van der Waals surface area contributed by atoms with E-state index in [0.29, 0.717) is 22.1 Å². The molecule has 32 heavy (non-hydrogen) atoms. The summed E-state index contributed by atoms with van der Waals surface area (Å²) >= 11 is 6.53. The van der Waals surface area contributed by atoms with Gasteiger partial charge in [-0.3, -0.25) is 4.79 Å². The molecule has 0 fully saturated rings. The lowest BCUT2D eigenvalue weighted by atomic mass is 9.75. The van der Waals surface area contributed by atoms with Crippen molar-refractivity contribution < 1.29 is 4.79 Å². The summed E-state index contributed by atoms with van der Waals surface area (Å²) in [5, 5.41) is 6.90. The minimum atomic E-state index is -0.00561. The number of hydrogen-bond donors (Lipinski definition) is 1. The molecule has 0 unspecified atom stereocenters. The first-order chi connectivity index (χ1) is 15.7. The van der Waals surface area contributed by atoms with Gasteiger partial charge in [-0.25, -0.2) is 0 Å². The van der Waals surface area contributed by atoms with Crippen molar-refractivity contribution in [1.29, 1.82) is 0 Å². The Labute approximate surface area is 192 Å². The van der Waals surface area contributed by atoms with Crippen LogP contribution in [0.15, 0.2) is 97.1 Å². The molecule has 0 saturated heterocycles. The molecule has 1 aliphatic heterocycles. The van der Waals surface area contributed by atoms with Gasteiger partial charge in [0, 0.05) is 27.8 Å². The van der Waals surface area contributed by atoms with Crippen LogP contribution in [0.4, 0.5) is 5.69 Å². The average Bonchev–Trinajstić information content (AvgIpc) is 3.33. The fourth-order valence-electron chi connectivity index (χ4n) is 5.42. The van der Waals surface area contributed by atoms with Gasteiger partial charge < -0.3 is 5.32 Å². The SMILES string of the molecule is O=C(c1ccccc1)c1cc(Cl)cc2c1N[C@H](c1cccc3ccccc13)[C@@H]1CC=C[C@@H]21. The fraction of sp³-hybridized carbons (Fsp3) is 0.138. The lowest BCUT2D eigenvalue weighted by Crippen LogP contribution is -2.30. The van der Waals surface area contributed by atoms with E-state index in [1.54, 1.807) is 0 Å². The maximum atomic E-state index is 13.5. The lowest BCUT2D eigenvalue weighted by molar-refractivity contribution is 0.103. The van der Waals surface area contributed by atoms with E-state index in [2.05, 4.69) is 59.9 Å². The van der Waals surface area contributed by atoms with Crippen LogP contribution in [0, 0.1) is 5.92 Å². The van der Waals surface area contributed by atoms with E-state index in [0.717, 1.165) is 17.7 Å². The monoisotopic (exact) mass is 435 g/mol. The van der Waals surface area contributed by atoms with Gasteiger partial charge in [0.1, 0.15) is 0 Å². The molecule has 4 aromatic rings. The summed E-state index contributed by atoms with van der Waals surface area (Å²) in [7, 11) is 0. The Hall–Kier alpha value is -3.36. The average molecular weight is 436 g/mol. The molecule has 0 aromatic heterocycles. The summed E-state index contributed by atoms with van der Waals surface area (Å²) < 4.78 is 0. The van der Waals surface area contributed by atoms with Crippen molar-refractivity contribution in [3.8, 4) is 0 Å². The zero-order chi connectivity index (χ0) is 21.7. The van der Waals surface area contributed by atoms with Gasteiger partial charge in [-0.1, -0.05) is 96.5 Å². The standard InChI is InChI=1S/C29H22ClNO/c30-20-16-25-22-13-7-15-24(22)27(23-14-6-11-18-8-4-5-12-21(18)23)31-28(25)26(17-20)29(32)19-9-2-1-3-10-19/h1-14,16-17,22,24,27,31H,15H2/t22-,24-,27-/m1/s1. The number of anilines is 1. The highest BCUT2D eigenvalue weighted by molar-refractivity contribution is 6.31. The summed E-state index contributed by atoms with van der Waals surface area (Å²) in [6.45, 7) is 0. The van der Waals surface area contributed by atoms with Crippen molar-refractivity contribution in [2.24, 2.45) is 5.92 Å². The van der Waals surface area contributed by atoms with E-state index in [9.17, 15) is 4.79 Å². The van der Waals surface area contributed by atoms with Gasteiger partial charge in [0.2, 0.25) is 0 Å². The number of carbonyl (C=O) groups excluding carboxylic acids is 1. The summed E-state index contributed by atoms with van der Waals surface area (Å²) in [5.74, 6) is 0.608. The van der Waals surface area contributed by atoms with Gasteiger partial charge in [0.15, 0.2) is 5.78 Å². The van der Waals surface area contributed by atoms with Crippen molar-refractivity contribution in [1.82, 2.24) is 0 Å². The molecule has 156 valence electrons. The molecular weight excluding hydrogens is 414 g/mol. The van der Waals surface area contributed by atoms with E-state index >= 15 is 0 Å². The molecule has 4 aromatic carbocycles. The van der Waals surface area contributed by atoms with E-state index < -0.39 is 0 Å². The van der Waals surface area contributed by atoms with Gasteiger partial charge in [-0.15, -0.1) is 0 Å². The number of halogens is 1. The molecule has 1 N–H and O–H groups in total. The predicted molar refractivity (Wildman–Crippen MR) is 132 cm³/mol. The second-order valence-electron chi connectivity index (χ2n) is 8.66. The molecule has 2 nitrogen and oxygen atoms in total. The molecule has 1 heterocycles. The van der Waals surface area contributed by atoms with Crippen molar-refractivity contribution in [3.05, 3.63) is 124 Å². The van der Waals surface area contributed by atoms with Crippen molar-refractivity contribution in [3.63, 3.8) is 0 Å². The number of fused-ring (bicyclic) bond motifs is 4. The fourth-order valence-corrected chi connectivity index (χ4v) is 5.64. The number of nitrogens with one attached hydrogen (secondary N) is 1. The minimum Gasteiger partial charge on any atom is -0.377 e. The first kappa shape index (κ1) is 19.3. The Morgan fingerprint density at radius 3 is 2.53 bits per heavy atom. The van der Waals surface area contributed by atoms with Crippen LogP contribution in [0.1, 0.15) is 45.4 Å². The van der Waals surface area contributed by atoms with Crippen molar-refractivity contribution in [2.45, 2.75) is 18.4 Å². The molecule has 6 rings (SSSR count). The molecule has 0 spiro atoms. The minimum absolute atomic E-state index is 0.00561. The molecular formula is C29H22ClNO. The molecule has 1 aliphatic carbocycles. The first-order valence-corrected chi connectivity index (χ1v) is 11.4. The maximum absolute atomic E-state index is 13.5. The van der Waals surface area contributed by atoms with Gasteiger partial charge in [-0.05, 0) is 46.4 Å². The number of rotatable bonds is 3. The number of carbonyl (C=O) groups is 1. The maximum Gasteiger partial charge on any atom is 0.195 e. The largest absolute Gasteiger partial charge is 0.377 e. The van der Waals surface area contributed by atoms with Gasteiger partial charge in [0.05, 0.1) is 6.04 Å². The smallest absolute Gasteiger partial charge is 0.195 e. The molecule has 0 saturated carbocycles. The Kier molecular flexibility index (Phi) is 4.62. The quantitative estimate of drug-likeness (QED) is 0.266. The number of benzene rings is 4. The van der Waals surface area contributed by atoms with Gasteiger partial charge in [-0.2, -0.15) is 0 Å². The van der Waals surface area contributed by atoms with E-state index in [4.69, 9.17) is 11.6 Å². The molecule has 3 atom stereocenters. The Bertz CT molecular complexity index is 1370. The van der Waals surface area contributed by atoms with E-state index in [1.165, 1.54) is 16.3 Å². The summed E-state index contributed by atoms with van der Waals surface area (Å²) in [6.07, 6.45) is 5.55. The number of hydrogen-bond acceptors (Lipinski definition) is 2. The van der Waals surface area contributed by atoms with E-state index in [-0.39, 0.29) is 17.7 Å². The highest BCUT2D eigenvalue weighted by Crippen LogP contribution is 2.52. The summed E-state index contributed by atoms with van der Waals surface area (Å²) in [6, 6.07) is 28.4. The van der Waals surface area contributed by atoms with Crippen LogP contribution in [0.2, 0.25) is 5.02 Å². The molecule has 0 amide bonds. The number of allylic oxidation sites excluding steroid dienone is 2. The van der Waals surface area contributed by atoms with Crippen molar-refractivity contribution in [2.75, 3.05) is 5.32 Å². The van der Waals surface area contributed by atoms with Gasteiger partial charge >= 0.3 is 0 Å². The van der Waals surface area contributed by atoms with Crippen LogP contribution in [0.3, 0.4) is 0 Å². The van der Waals surface area contributed by atoms with Crippen LogP contribution in [0.5, 0.6) is 0 Å². The topological polar surface area (TPSA) is 29.1 Å². The second kappa shape index (κ2) is 7.65. The number of ketones is 1. The Balaban J connectivity index is 1.53. The highest BCUT2D eigenvalue weighted by atomic mass is 35.5. The molecule has 0 bridgehead atoms. The normalized spacial score (nSPS) is 21.1. The second-order valence-corrected chi connectivity index (χ2v) is 9.09. The Morgan fingerprint density at radius 1 is 0.875 bits per heavy atom. The third-order valence-corrected chi connectivity index (χ3v) is 7.09. The molecule has 0 radical (unpaired) electrons. The zero-order valence-corrected chi connectivity index (χ0v) is 18.2. The van der Waals surface area contributed by atoms with Crippen molar-refractivity contribution >= 4 is 33.8 Å². The third-order valence-electron chi connectivity index (χ3n) is 6.87. The Morgan fingerprint density at radius 2 is 1.66 bits per heavy atom. The van der Waals surface area contributed by atoms with Gasteiger partial charge in [0.25, 0.3) is 0 Å². The van der Waals surface area contributed by atoms with Crippen LogP contribution >= 0.6 is 11.6 Å². The first-order valence-electron chi connectivity index (χ1n) is 11.0. The lowest BCUT2D eigenvalue weighted by Gasteiger charge is -2.39. The summed E-state index contributed by atoms with van der Waals surface area (Å²) in [5.41, 5.74) is 4.62.